The number of ether oxygens (including phenoxy) is 2. The summed E-state index contributed by atoms with van der Waals surface area (Å²) in [4.78, 5) is 27.5. The van der Waals surface area contributed by atoms with Gasteiger partial charge in [-0.1, -0.05) is 6.07 Å². The molecule has 1 aliphatic rings. The van der Waals surface area contributed by atoms with Crippen LogP contribution in [0.1, 0.15) is 19.4 Å². The number of nitrogens with one attached hydrogen (secondary N) is 1. The Kier molecular flexibility index (Phi) is 7.25. The lowest BCUT2D eigenvalue weighted by Gasteiger charge is -2.35. The van der Waals surface area contributed by atoms with Gasteiger partial charge in [-0.05, 0) is 38.5 Å². The molecule has 1 fully saturated rings. The Balaban J connectivity index is 2.03. The molecule has 28 heavy (non-hydrogen) atoms. The summed E-state index contributed by atoms with van der Waals surface area (Å²) in [7, 11) is -2.56. The number of hydrogen-bond donors (Lipinski definition) is 1. The number of hydrogen-bond acceptors (Lipinski definition) is 6. The van der Waals surface area contributed by atoms with Gasteiger partial charge in [0, 0.05) is 26.2 Å². The number of benzene rings is 1. The van der Waals surface area contributed by atoms with E-state index in [0.29, 0.717) is 32.8 Å². The van der Waals surface area contributed by atoms with Crippen molar-refractivity contribution in [1.82, 2.24) is 14.5 Å². The zero-order valence-corrected chi connectivity index (χ0v) is 17.4. The number of sulfonamides is 1. The van der Waals surface area contributed by atoms with Crippen molar-refractivity contribution in [3.63, 3.8) is 0 Å². The fourth-order valence-corrected chi connectivity index (χ4v) is 4.39. The summed E-state index contributed by atoms with van der Waals surface area (Å²) in [5, 5.41) is 0. The average molecular weight is 413 g/mol. The van der Waals surface area contributed by atoms with Gasteiger partial charge in [0.15, 0.2) is 0 Å². The van der Waals surface area contributed by atoms with Gasteiger partial charge >= 0.3 is 6.09 Å². The molecular weight excluding hydrogens is 386 g/mol. The zero-order chi connectivity index (χ0) is 20.9. The summed E-state index contributed by atoms with van der Waals surface area (Å²) in [5.41, 5.74) is 0.759. The molecule has 0 aliphatic carbocycles. The molecule has 1 saturated heterocycles. The van der Waals surface area contributed by atoms with E-state index in [1.165, 1.54) is 29.9 Å². The van der Waals surface area contributed by atoms with Crippen LogP contribution in [0.2, 0.25) is 0 Å². The number of carbonyl (C=O) groups excluding carboxylic acids is 2. The maximum atomic E-state index is 12.7. The number of nitrogens with zero attached hydrogens (tertiary/aromatic N) is 2. The van der Waals surface area contributed by atoms with Crippen LogP contribution in [-0.4, -0.2) is 76.2 Å². The minimum absolute atomic E-state index is 0.0122. The first-order chi connectivity index (χ1) is 13.2. The molecule has 10 heteroatoms. The third kappa shape index (κ3) is 5.14. The Hall–Kier alpha value is -2.33. The molecule has 0 radical (unpaired) electrons. The van der Waals surface area contributed by atoms with E-state index in [-0.39, 0.29) is 16.6 Å². The van der Waals surface area contributed by atoms with Crippen LogP contribution < -0.4 is 9.46 Å². The molecule has 0 unspecified atom stereocenters. The van der Waals surface area contributed by atoms with Gasteiger partial charge < -0.3 is 19.3 Å². The number of carbonyl (C=O) groups is 2. The Morgan fingerprint density at radius 1 is 1.18 bits per heavy atom. The van der Waals surface area contributed by atoms with Crippen molar-refractivity contribution in [2.75, 3.05) is 39.9 Å². The molecule has 1 aromatic carbocycles. The Morgan fingerprint density at radius 3 is 2.36 bits per heavy atom. The molecule has 1 atom stereocenters. The van der Waals surface area contributed by atoms with Crippen molar-refractivity contribution >= 4 is 22.0 Å². The molecule has 1 N–H and O–H groups in total. The SMILES string of the molecule is CCOC(=O)N1CCN(C(=O)[C@H](C)NS(=O)(=O)c2cc(C)ccc2OC)CC1. The van der Waals surface area contributed by atoms with E-state index in [0.717, 1.165) is 5.56 Å². The lowest BCUT2D eigenvalue weighted by atomic mass is 10.2. The lowest BCUT2D eigenvalue weighted by molar-refractivity contribution is -0.134. The molecule has 1 aliphatic heterocycles. The van der Waals surface area contributed by atoms with Crippen LogP contribution in [0, 0.1) is 6.92 Å². The highest BCUT2D eigenvalue weighted by molar-refractivity contribution is 7.89. The number of amides is 2. The molecule has 2 amide bonds. The van der Waals surface area contributed by atoms with Gasteiger partial charge in [0.2, 0.25) is 15.9 Å². The van der Waals surface area contributed by atoms with E-state index in [2.05, 4.69) is 4.72 Å². The van der Waals surface area contributed by atoms with E-state index < -0.39 is 22.2 Å². The van der Waals surface area contributed by atoms with Crippen molar-refractivity contribution in [2.45, 2.75) is 31.7 Å². The van der Waals surface area contributed by atoms with Crippen molar-refractivity contribution in [1.29, 1.82) is 0 Å². The highest BCUT2D eigenvalue weighted by atomic mass is 32.2. The zero-order valence-electron chi connectivity index (χ0n) is 16.6. The number of piperazine rings is 1. The van der Waals surface area contributed by atoms with Crippen LogP contribution in [0.25, 0.3) is 0 Å². The summed E-state index contributed by atoms with van der Waals surface area (Å²) in [6.07, 6.45) is -0.408. The summed E-state index contributed by atoms with van der Waals surface area (Å²) in [6.45, 7) is 6.62. The summed E-state index contributed by atoms with van der Waals surface area (Å²) in [5.74, 6) is -0.139. The van der Waals surface area contributed by atoms with Crippen molar-refractivity contribution in [3.8, 4) is 5.75 Å². The number of aryl methyl sites for hydroxylation is 1. The lowest BCUT2D eigenvalue weighted by Crippen LogP contribution is -2.55. The van der Waals surface area contributed by atoms with Crippen LogP contribution >= 0.6 is 0 Å². The highest BCUT2D eigenvalue weighted by Gasteiger charge is 2.30. The molecule has 1 aromatic rings. The van der Waals surface area contributed by atoms with E-state index in [4.69, 9.17) is 9.47 Å². The fourth-order valence-electron chi connectivity index (χ4n) is 2.94. The normalized spacial score (nSPS) is 15.9. The van der Waals surface area contributed by atoms with Crippen LogP contribution in [0.4, 0.5) is 4.79 Å². The van der Waals surface area contributed by atoms with Crippen molar-refractivity contribution in [2.24, 2.45) is 0 Å². The number of rotatable bonds is 6. The molecule has 1 heterocycles. The van der Waals surface area contributed by atoms with Gasteiger partial charge in [0.25, 0.3) is 0 Å². The Morgan fingerprint density at radius 2 is 1.79 bits per heavy atom. The van der Waals surface area contributed by atoms with Crippen LogP contribution in [0.3, 0.4) is 0 Å². The van der Waals surface area contributed by atoms with Gasteiger partial charge in [-0.25, -0.2) is 13.2 Å². The second kappa shape index (κ2) is 9.24. The van der Waals surface area contributed by atoms with E-state index in [1.54, 1.807) is 26.0 Å². The molecule has 0 aromatic heterocycles. The van der Waals surface area contributed by atoms with Gasteiger partial charge in [-0.15, -0.1) is 0 Å². The van der Waals surface area contributed by atoms with Gasteiger partial charge in [-0.3, -0.25) is 4.79 Å². The fraction of sp³-hybridized carbons (Fsp3) is 0.556. The van der Waals surface area contributed by atoms with Crippen LogP contribution in [0.15, 0.2) is 23.1 Å². The third-order valence-electron chi connectivity index (χ3n) is 4.43. The third-order valence-corrected chi connectivity index (χ3v) is 5.99. The van der Waals surface area contributed by atoms with E-state index in [9.17, 15) is 18.0 Å². The largest absolute Gasteiger partial charge is 0.495 e. The van der Waals surface area contributed by atoms with E-state index >= 15 is 0 Å². The molecule has 0 spiro atoms. The molecule has 156 valence electrons. The van der Waals surface area contributed by atoms with Crippen molar-refractivity contribution in [3.05, 3.63) is 23.8 Å². The highest BCUT2D eigenvalue weighted by Crippen LogP contribution is 2.24. The topological polar surface area (TPSA) is 105 Å². The first-order valence-electron chi connectivity index (χ1n) is 9.07. The first-order valence-corrected chi connectivity index (χ1v) is 10.6. The van der Waals surface area contributed by atoms with Gasteiger partial charge in [0.05, 0.1) is 19.8 Å². The van der Waals surface area contributed by atoms with Crippen molar-refractivity contribution < 1.29 is 27.5 Å². The second-order valence-electron chi connectivity index (χ2n) is 6.51. The van der Waals surface area contributed by atoms with Gasteiger partial charge in [0.1, 0.15) is 10.6 Å². The monoisotopic (exact) mass is 413 g/mol. The average Bonchev–Trinajstić information content (AvgIpc) is 2.67. The number of methoxy groups -OCH3 is 1. The quantitative estimate of drug-likeness (QED) is 0.745. The van der Waals surface area contributed by atoms with Crippen LogP contribution in [0.5, 0.6) is 5.75 Å². The Bertz CT molecular complexity index is 819. The maximum Gasteiger partial charge on any atom is 0.409 e. The molecule has 0 saturated carbocycles. The predicted octanol–water partition coefficient (Wildman–Crippen LogP) is 0.971. The standard InChI is InChI=1S/C18H27N3O6S/c1-5-27-18(23)21-10-8-20(9-11-21)17(22)14(3)19-28(24,25)16-12-13(2)6-7-15(16)26-4/h6-7,12,14,19H,5,8-11H2,1-4H3/t14-/m0/s1. The summed E-state index contributed by atoms with van der Waals surface area (Å²) in [6, 6.07) is 3.86. The second-order valence-corrected chi connectivity index (χ2v) is 8.19. The maximum absolute atomic E-state index is 12.7. The molecule has 0 bridgehead atoms. The Labute approximate surface area is 165 Å². The van der Waals surface area contributed by atoms with Crippen LogP contribution in [-0.2, 0) is 19.6 Å². The summed E-state index contributed by atoms with van der Waals surface area (Å²) >= 11 is 0. The van der Waals surface area contributed by atoms with E-state index in [1.807, 2.05) is 0 Å². The molecule has 2 rings (SSSR count). The molecule has 9 nitrogen and oxygen atoms in total. The predicted molar refractivity (Wildman–Crippen MR) is 103 cm³/mol. The minimum Gasteiger partial charge on any atom is -0.495 e. The smallest absolute Gasteiger partial charge is 0.409 e. The minimum atomic E-state index is -3.95. The van der Waals surface area contributed by atoms with Gasteiger partial charge in [-0.2, -0.15) is 4.72 Å². The summed E-state index contributed by atoms with van der Waals surface area (Å²) < 4.78 is 38.0. The molecular formula is C18H27N3O6S. The first kappa shape index (κ1) is 22.0.